The molecule has 3 atom stereocenters. The van der Waals surface area contributed by atoms with Gasteiger partial charge in [0.1, 0.15) is 29.2 Å². The van der Waals surface area contributed by atoms with Gasteiger partial charge in [-0.3, -0.25) is 9.59 Å². The van der Waals surface area contributed by atoms with Gasteiger partial charge in [-0.25, -0.2) is 4.39 Å². The molecule has 2 fully saturated rings. The van der Waals surface area contributed by atoms with Crippen molar-refractivity contribution in [3.8, 4) is 17.2 Å². The minimum atomic E-state index is -0.761. The first-order valence-electron chi connectivity index (χ1n) is 13.4. The summed E-state index contributed by atoms with van der Waals surface area (Å²) in [7, 11) is 0. The molecule has 2 aliphatic carbocycles. The third-order valence-electron chi connectivity index (χ3n) is 7.83. The number of rotatable bonds is 8. The van der Waals surface area contributed by atoms with Gasteiger partial charge < -0.3 is 24.6 Å². The van der Waals surface area contributed by atoms with Crippen LogP contribution in [0.2, 0.25) is 0 Å². The molecular formula is C31H30FNO6. The lowest BCUT2D eigenvalue weighted by atomic mass is 10.1. The number of carboxylic acids is 1. The summed E-state index contributed by atoms with van der Waals surface area (Å²) in [6.07, 6.45) is 3.06. The second-order valence-corrected chi connectivity index (χ2v) is 10.4. The highest BCUT2D eigenvalue weighted by atomic mass is 19.1. The summed E-state index contributed by atoms with van der Waals surface area (Å²) in [5, 5.41) is 12.2. The zero-order chi connectivity index (χ0) is 26.9. The molecule has 0 unspecified atom stereocenters. The molecule has 3 aromatic carbocycles. The molecule has 0 radical (unpaired) electrons. The highest BCUT2D eigenvalue weighted by Crippen LogP contribution is 2.48. The Morgan fingerprint density at radius 3 is 2.33 bits per heavy atom. The molecule has 1 saturated heterocycles. The van der Waals surface area contributed by atoms with Crippen molar-refractivity contribution >= 4 is 11.9 Å². The summed E-state index contributed by atoms with van der Waals surface area (Å²) in [5.74, 6) is 0.273. The fourth-order valence-electron chi connectivity index (χ4n) is 5.56. The molecule has 2 N–H and O–H groups in total. The lowest BCUT2D eigenvalue weighted by Gasteiger charge is -2.23. The summed E-state index contributed by atoms with van der Waals surface area (Å²) in [5.41, 5.74) is 2.81. The Morgan fingerprint density at radius 2 is 1.64 bits per heavy atom. The van der Waals surface area contributed by atoms with Gasteiger partial charge >= 0.3 is 5.97 Å². The fraction of sp³-hybridized carbons (Fsp3) is 0.355. The first kappa shape index (κ1) is 25.4. The predicted octanol–water partition coefficient (Wildman–Crippen LogP) is 5.78. The van der Waals surface area contributed by atoms with Gasteiger partial charge in [0, 0.05) is 35.9 Å². The summed E-state index contributed by atoms with van der Waals surface area (Å²) < 4.78 is 32.6. The number of benzene rings is 3. The monoisotopic (exact) mass is 531 g/mol. The van der Waals surface area contributed by atoms with Gasteiger partial charge in [-0.2, -0.15) is 0 Å². The van der Waals surface area contributed by atoms with Crippen LogP contribution in [0.3, 0.4) is 0 Å². The first-order chi connectivity index (χ1) is 19.0. The van der Waals surface area contributed by atoms with Gasteiger partial charge in [0.05, 0.1) is 5.92 Å². The van der Waals surface area contributed by atoms with E-state index in [9.17, 15) is 14.0 Å². The zero-order valence-electron chi connectivity index (χ0n) is 21.4. The Balaban J connectivity index is 1.11. The smallest absolute Gasteiger partial charge is 0.307 e. The number of nitrogens with one attached hydrogen (secondary N) is 1. The molecule has 3 aromatic rings. The van der Waals surface area contributed by atoms with Crippen LogP contribution in [0.15, 0.2) is 60.7 Å². The average Bonchev–Trinajstić information content (AvgIpc) is 3.65. The minimum absolute atomic E-state index is 0.0522. The highest BCUT2D eigenvalue weighted by Gasteiger charge is 2.44. The normalized spacial score (nSPS) is 22.1. The van der Waals surface area contributed by atoms with Crippen LogP contribution in [0, 0.1) is 11.7 Å². The van der Waals surface area contributed by atoms with Crippen molar-refractivity contribution in [3.05, 3.63) is 88.7 Å². The third-order valence-corrected chi connectivity index (χ3v) is 7.83. The second kappa shape index (κ2) is 10.7. The molecule has 3 aliphatic rings. The molecule has 0 bridgehead atoms. The quantitative estimate of drug-likeness (QED) is 0.383. The Labute approximate surface area is 225 Å². The molecule has 6 rings (SSSR count). The Kier molecular flexibility index (Phi) is 6.95. The van der Waals surface area contributed by atoms with Gasteiger partial charge in [-0.1, -0.05) is 12.1 Å². The van der Waals surface area contributed by atoms with Crippen LogP contribution in [0.25, 0.3) is 0 Å². The van der Waals surface area contributed by atoms with Gasteiger partial charge in [0.15, 0.2) is 0 Å². The van der Waals surface area contributed by atoms with Crippen LogP contribution in [-0.4, -0.2) is 36.2 Å². The average molecular weight is 532 g/mol. The maximum absolute atomic E-state index is 15.0. The Bertz CT molecular complexity index is 1370. The van der Waals surface area contributed by atoms with Crippen LogP contribution < -0.4 is 14.8 Å². The van der Waals surface area contributed by atoms with E-state index in [1.165, 1.54) is 6.07 Å². The van der Waals surface area contributed by atoms with Crippen LogP contribution >= 0.6 is 0 Å². The summed E-state index contributed by atoms with van der Waals surface area (Å²) >= 11 is 0. The second-order valence-electron chi connectivity index (χ2n) is 10.4. The van der Waals surface area contributed by atoms with Crippen LogP contribution in [0.5, 0.6) is 17.2 Å². The number of hydrogen-bond acceptors (Lipinski definition) is 5. The van der Waals surface area contributed by atoms with Gasteiger partial charge in [0.2, 0.25) is 0 Å². The zero-order valence-corrected chi connectivity index (χ0v) is 21.4. The number of ether oxygens (including phenoxy) is 3. The Morgan fingerprint density at radius 1 is 0.923 bits per heavy atom. The van der Waals surface area contributed by atoms with E-state index in [4.69, 9.17) is 19.3 Å². The van der Waals surface area contributed by atoms with E-state index in [0.29, 0.717) is 60.9 Å². The molecule has 1 amide bonds. The van der Waals surface area contributed by atoms with Crippen LogP contribution in [0.4, 0.5) is 4.39 Å². The maximum Gasteiger partial charge on any atom is 0.307 e. The number of fused-ring (bicyclic) bond motifs is 1. The van der Waals surface area contributed by atoms with Crippen molar-refractivity contribution in [1.29, 1.82) is 0 Å². The molecule has 0 aromatic heterocycles. The largest absolute Gasteiger partial charge is 0.486 e. The van der Waals surface area contributed by atoms with Crippen molar-refractivity contribution in [2.75, 3.05) is 13.2 Å². The van der Waals surface area contributed by atoms with Crippen molar-refractivity contribution in [2.24, 2.45) is 5.92 Å². The number of carbonyl (C=O) groups excluding carboxylic acids is 1. The van der Waals surface area contributed by atoms with Crippen LogP contribution in [0.1, 0.15) is 64.8 Å². The molecule has 0 spiro atoms. The highest BCUT2D eigenvalue weighted by molar-refractivity contribution is 5.94. The number of hydrogen-bond donors (Lipinski definition) is 2. The van der Waals surface area contributed by atoms with Crippen molar-refractivity contribution in [3.63, 3.8) is 0 Å². The standard InChI is InChI=1S/C31H30FNO6/c32-26-10-12-27(38-21-7-3-19(4-8-21)30(34)33-20-13-15-37-16-14-20)23-9-11-28(29(23)26)39-22-5-1-18(2-6-22)24-17-25(24)31(35)36/h1-8,10,12,20,24-25,28H,9,11,13-17H2,(H,33,34)(H,35,36)/t24-,25+,28-/m1/s1. The Hall–Kier alpha value is -3.91. The van der Waals surface area contributed by atoms with Crippen molar-refractivity contribution in [1.82, 2.24) is 5.32 Å². The predicted molar refractivity (Wildman–Crippen MR) is 141 cm³/mol. The summed E-state index contributed by atoms with van der Waals surface area (Å²) in [4.78, 5) is 23.7. The van der Waals surface area contributed by atoms with Gasteiger partial charge in [-0.15, -0.1) is 0 Å². The molecule has 39 heavy (non-hydrogen) atoms. The first-order valence-corrected chi connectivity index (χ1v) is 13.4. The van der Waals surface area contributed by atoms with Crippen molar-refractivity contribution in [2.45, 2.75) is 50.2 Å². The van der Waals surface area contributed by atoms with E-state index < -0.39 is 12.1 Å². The van der Waals surface area contributed by atoms with Gasteiger partial charge in [-0.05, 0) is 92.1 Å². The molecule has 1 aliphatic heterocycles. The van der Waals surface area contributed by atoms with Gasteiger partial charge in [0.25, 0.3) is 5.91 Å². The van der Waals surface area contributed by atoms with E-state index in [1.54, 1.807) is 30.3 Å². The van der Waals surface area contributed by atoms with E-state index in [1.807, 2.05) is 24.3 Å². The van der Waals surface area contributed by atoms with Crippen LogP contribution in [-0.2, 0) is 16.0 Å². The van der Waals surface area contributed by atoms with Crippen molar-refractivity contribution < 1.29 is 33.3 Å². The summed E-state index contributed by atoms with van der Waals surface area (Å²) in [6, 6.07) is 17.5. The van der Waals surface area contributed by atoms with E-state index in [2.05, 4.69) is 5.32 Å². The third kappa shape index (κ3) is 5.47. The fourth-order valence-corrected chi connectivity index (χ4v) is 5.56. The number of aliphatic carboxylic acids is 1. The number of halogens is 1. The number of amides is 1. The number of carboxylic acid groups (broad SMARTS) is 1. The number of carbonyl (C=O) groups is 2. The van der Waals surface area contributed by atoms with E-state index >= 15 is 0 Å². The SMILES string of the molecule is O=C(NC1CCOCC1)c1ccc(Oc2ccc(F)c3c2CC[C@H]3Oc2ccc([C@H]3C[C@@H]3C(=O)O)cc2)cc1. The molecule has 7 nitrogen and oxygen atoms in total. The molecular weight excluding hydrogens is 501 g/mol. The lowest BCUT2D eigenvalue weighted by molar-refractivity contribution is -0.138. The maximum atomic E-state index is 15.0. The molecule has 1 saturated carbocycles. The lowest BCUT2D eigenvalue weighted by Crippen LogP contribution is -2.38. The van der Waals surface area contributed by atoms with E-state index in [0.717, 1.165) is 24.0 Å². The summed E-state index contributed by atoms with van der Waals surface area (Å²) in [6.45, 7) is 1.32. The molecule has 8 heteroatoms. The molecule has 1 heterocycles. The topological polar surface area (TPSA) is 94.1 Å². The minimum Gasteiger partial charge on any atom is -0.486 e. The van der Waals surface area contributed by atoms with E-state index in [-0.39, 0.29) is 29.6 Å². The molecule has 202 valence electrons.